The van der Waals surface area contributed by atoms with E-state index in [1.807, 2.05) is 38.1 Å². The smallest absolute Gasteiger partial charge is 0.249 e. The Kier molecular flexibility index (Phi) is 4.34. The molecule has 1 aromatic heterocycles. The third-order valence-electron chi connectivity index (χ3n) is 2.69. The van der Waals surface area contributed by atoms with Crippen molar-refractivity contribution in [2.45, 2.75) is 20.3 Å². The summed E-state index contributed by atoms with van der Waals surface area (Å²) in [4.78, 5) is 15.9. The number of methoxy groups -OCH3 is 1. The fraction of sp³-hybridized carbons (Fsp3) is 0.357. The van der Waals surface area contributed by atoms with Gasteiger partial charge < -0.3 is 4.74 Å². The molecular formula is C14H18N4O2. The third-order valence-corrected chi connectivity index (χ3v) is 2.69. The molecule has 6 heteroatoms. The van der Waals surface area contributed by atoms with E-state index in [9.17, 15) is 4.79 Å². The number of aromatic amines is 1. The van der Waals surface area contributed by atoms with Gasteiger partial charge in [-0.3, -0.25) is 15.2 Å². The van der Waals surface area contributed by atoms with Gasteiger partial charge in [-0.25, -0.2) is 0 Å². The van der Waals surface area contributed by atoms with Crippen LogP contribution in [0.15, 0.2) is 24.3 Å². The SMILES string of the molecule is COc1ccccc1-c1nc(NC(=O)CC(C)C)n[nH]1. The van der Waals surface area contributed by atoms with Crippen LogP contribution in [-0.4, -0.2) is 28.2 Å². The lowest BCUT2D eigenvalue weighted by atomic mass is 10.1. The minimum atomic E-state index is -0.0921. The van der Waals surface area contributed by atoms with Gasteiger partial charge in [0.05, 0.1) is 12.7 Å². The van der Waals surface area contributed by atoms with Crippen LogP contribution in [0.3, 0.4) is 0 Å². The molecule has 0 aliphatic rings. The maximum absolute atomic E-state index is 11.7. The summed E-state index contributed by atoms with van der Waals surface area (Å²) in [5.41, 5.74) is 0.798. The summed E-state index contributed by atoms with van der Waals surface area (Å²) < 4.78 is 5.27. The van der Waals surface area contributed by atoms with Gasteiger partial charge in [0.25, 0.3) is 0 Å². The number of aromatic nitrogens is 3. The van der Waals surface area contributed by atoms with Crippen molar-refractivity contribution in [2.75, 3.05) is 12.4 Å². The van der Waals surface area contributed by atoms with E-state index in [0.29, 0.717) is 23.9 Å². The Labute approximate surface area is 117 Å². The molecular weight excluding hydrogens is 256 g/mol. The van der Waals surface area contributed by atoms with E-state index in [4.69, 9.17) is 4.74 Å². The summed E-state index contributed by atoms with van der Waals surface area (Å²) in [6.45, 7) is 3.97. The van der Waals surface area contributed by atoms with Crippen molar-refractivity contribution in [3.8, 4) is 17.1 Å². The Morgan fingerprint density at radius 2 is 2.15 bits per heavy atom. The molecule has 0 radical (unpaired) electrons. The summed E-state index contributed by atoms with van der Waals surface area (Å²) in [5, 5.41) is 9.46. The van der Waals surface area contributed by atoms with Crippen LogP contribution in [0.5, 0.6) is 5.75 Å². The summed E-state index contributed by atoms with van der Waals surface area (Å²) in [6, 6.07) is 7.48. The number of ether oxygens (including phenoxy) is 1. The van der Waals surface area contributed by atoms with Gasteiger partial charge in [-0.2, -0.15) is 4.98 Å². The standard InChI is InChI=1S/C14H18N4O2/c1-9(2)8-12(19)15-14-16-13(17-18-14)10-6-4-5-7-11(10)20-3/h4-7,9H,8H2,1-3H3,(H2,15,16,17,18,19). The molecule has 2 aromatic rings. The largest absolute Gasteiger partial charge is 0.496 e. The lowest BCUT2D eigenvalue weighted by Gasteiger charge is -2.04. The number of nitrogens with zero attached hydrogens (tertiary/aromatic N) is 2. The van der Waals surface area contributed by atoms with E-state index in [1.54, 1.807) is 7.11 Å². The van der Waals surface area contributed by atoms with Crippen molar-refractivity contribution < 1.29 is 9.53 Å². The van der Waals surface area contributed by atoms with Crippen LogP contribution < -0.4 is 10.1 Å². The van der Waals surface area contributed by atoms with Crippen LogP contribution in [0.1, 0.15) is 20.3 Å². The van der Waals surface area contributed by atoms with Crippen molar-refractivity contribution in [1.29, 1.82) is 0 Å². The molecule has 0 spiro atoms. The average molecular weight is 274 g/mol. The second-order valence-corrected chi connectivity index (χ2v) is 4.85. The molecule has 0 atom stereocenters. The predicted octanol–water partition coefficient (Wildman–Crippen LogP) is 2.46. The zero-order chi connectivity index (χ0) is 14.5. The number of H-pyrrole nitrogens is 1. The average Bonchev–Trinajstić information content (AvgIpc) is 2.85. The summed E-state index contributed by atoms with van der Waals surface area (Å²) in [5.74, 6) is 1.73. The number of benzene rings is 1. The highest BCUT2D eigenvalue weighted by Crippen LogP contribution is 2.27. The molecule has 0 aliphatic heterocycles. The highest BCUT2D eigenvalue weighted by Gasteiger charge is 2.12. The zero-order valence-electron chi connectivity index (χ0n) is 11.8. The third kappa shape index (κ3) is 3.34. The number of para-hydroxylation sites is 1. The minimum absolute atomic E-state index is 0.0921. The van der Waals surface area contributed by atoms with Gasteiger partial charge >= 0.3 is 0 Å². The molecule has 20 heavy (non-hydrogen) atoms. The van der Waals surface area contributed by atoms with Crippen molar-refractivity contribution in [3.63, 3.8) is 0 Å². The number of carbonyl (C=O) groups excluding carboxylic acids is 1. The zero-order valence-corrected chi connectivity index (χ0v) is 11.8. The summed E-state index contributed by atoms with van der Waals surface area (Å²) in [7, 11) is 1.60. The first-order chi connectivity index (χ1) is 9.60. The van der Waals surface area contributed by atoms with Crippen LogP contribution in [0.4, 0.5) is 5.95 Å². The number of amides is 1. The summed E-state index contributed by atoms with van der Waals surface area (Å²) >= 11 is 0. The molecule has 2 rings (SSSR count). The van der Waals surface area contributed by atoms with Crippen LogP contribution >= 0.6 is 0 Å². The normalized spacial score (nSPS) is 10.6. The first-order valence-electron chi connectivity index (χ1n) is 6.45. The molecule has 0 fully saturated rings. The lowest BCUT2D eigenvalue weighted by molar-refractivity contribution is -0.116. The molecule has 1 aromatic carbocycles. The Morgan fingerprint density at radius 1 is 1.40 bits per heavy atom. The fourth-order valence-corrected chi connectivity index (χ4v) is 1.82. The molecule has 0 bridgehead atoms. The van der Waals surface area contributed by atoms with E-state index in [2.05, 4.69) is 20.5 Å². The molecule has 1 heterocycles. The maximum Gasteiger partial charge on any atom is 0.249 e. The van der Waals surface area contributed by atoms with Crippen molar-refractivity contribution >= 4 is 11.9 Å². The van der Waals surface area contributed by atoms with Crippen molar-refractivity contribution in [3.05, 3.63) is 24.3 Å². The van der Waals surface area contributed by atoms with Gasteiger partial charge in [0.1, 0.15) is 5.75 Å². The van der Waals surface area contributed by atoms with Gasteiger partial charge in [0, 0.05) is 6.42 Å². The number of hydrogen-bond donors (Lipinski definition) is 2. The van der Waals surface area contributed by atoms with Crippen LogP contribution in [-0.2, 0) is 4.79 Å². The summed E-state index contributed by atoms with van der Waals surface area (Å²) in [6.07, 6.45) is 0.443. The van der Waals surface area contributed by atoms with E-state index >= 15 is 0 Å². The van der Waals surface area contributed by atoms with Gasteiger partial charge in [-0.05, 0) is 18.1 Å². The quantitative estimate of drug-likeness (QED) is 0.877. The Balaban J connectivity index is 2.15. The Morgan fingerprint density at radius 3 is 2.85 bits per heavy atom. The number of anilines is 1. The highest BCUT2D eigenvalue weighted by atomic mass is 16.5. The molecule has 6 nitrogen and oxygen atoms in total. The van der Waals surface area contributed by atoms with E-state index in [0.717, 1.165) is 5.56 Å². The number of nitrogens with one attached hydrogen (secondary N) is 2. The molecule has 0 saturated carbocycles. The van der Waals surface area contributed by atoms with Gasteiger partial charge in [-0.15, -0.1) is 5.10 Å². The Hall–Kier alpha value is -2.37. The maximum atomic E-state index is 11.7. The first kappa shape index (κ1) is 14.0. The second-order valence-electron chi connectivity index (χ2n) is 4.85. The van der Waals surface area contributed by atoms with Crippen LogP contribution in [0.25, 0.3) is 11.4 Å². The second kappa shape index (κ2) is 6.18. The molecule has 106 valence electrons. The molecule has 0 saturated heterocycles. The topological polar surface area (TPSA) is 79.9 Å². The minimum Gasteiger partial charge on any atom is -0.496 e. The fourth-order valence-electron chi connectivity index (χ4n) is 1.82. The monoisotopic (exact) mass is 274 g/mol. The van der Waals surface area contributed by atoms with E-state index in [-0.39, 0.29) is 11.9 Å². The predicted molar refractivity (Wildman–Crippen MR) is 76.5 cm³/mol. The lowest BCUT2D eigenvalue weighted by Crippen LogP contribution is -2.14. The molecule has 0 unspecified atom stereocenters. The number of hydrogen-bond acceptors (Lipinski definition) is 4. The molecule has 1 amide bonds. The number of rotatable bonds is 5. The highest BCUT2D eigenvalue weighted by molar-refractivity contribution is 5.89. The van der Waals surface area contributed by atoms with Gasteiger partial charge in [0.2, 0.25) is 11.9 Å². The van der Waals surface area contributed by atoms with Crippen molar-refractivity contribution in [2.24, 2.45) is 5.92 Å². The van der Waals surface area contributed by atoms with Gasteiger partial charge in [-0.1, -0.05) is 26.0 Å². The number of carbonyl (C=O) groups is 1. The van der Waals surface area contributed by atoms with Crippen molar-refractivity contribution in [1.82, 2.24) is 15.2 Å². The van der Waals surface area contributed by atoms with E-state index < -0.39 is 0 Å². The Bertz CT molecular complexity index is 592. The van der Waals surface area contributed by atoms with Gasteiger partial charge in [0.15, 0.2) is 5.82 Å². The van der Waals surface area contributed by atoms with Crippen LogP contribution in [0.2, 0.25) is 0 Å². The van der Waals surface area contributed by atoms with Crippen LogP contribution in [0, 0.1) is 5.92 Å². The first-order valence-corrected chi connectivity index (χ1v) is 6.45. The molecule has 0 aliphatic carbocycles. The van der Waals surface area contributed by atoms with E-state index in [1.165, 1.54) is 0 Å². The molecule has 2 N–H and O–H groups in total.